The van der Waals surface area contributed by atoms with Crippen molar-refractivity contribution in [2.45, 2.75) is 47.0 Å². The van der Waals surface area contributed by atoms with Gasteiger partial charge in [0.15, 0.2) is 5.96 Å². The molecule has 136 valence electrons. The first-order valence-electron chi connectivity index (χ1n) is 9.66. The molecule has 5 nitrogen and oxygen atoms in total. The zero-order valence-corrected chi connectivity index (χ0v) is 15.9. The van der Waals surface area contributed by atoms with Gasteiger partial charge in [-0.3, -0.25) is 4.99 Å². The maximum atomic E-state index is 4.71. The van der Waals surface area contributed by atoms with Crippen molar-refractivity contribution in [1.29, 1.82) is 0 Å². The molecule has 5 heteroatoms. The van der Waals surface area contributed by atoms with Crippen LogP contribution in [0, 0.1) is 5.92 Å². The van der Waals surface area contributed by atoms with Gasteiger partial charge in [-0.25, -0.2) is 0 Å². The minimum Gasteiger partial charge on any atom is -0.357 e. The first kappa shape index (κ1) is 20.2. The molecule has 0 aromatic rings. The lowest BCUT2D eigenvalue weighted by molar-refractivity contribution is 0.192. The number of nitrogens with zero attached hydrogens (tertiary/aromatic N) is 3. The molecular formula is C18H39N5. The molecule has 1 rings (SSSR count). The van der Waals surface area contributed by atoms with Crippen LogP contribution in [0.15, 0.2) is 4.99 Å². The van der Waals surface area contributed by atoms with Crippen LogP contribution in [0.2, 0.25) is 0 Å². The molecule has 1 aliphatic rings. The van der Waals surface area contributed by atoms with E-state index in [-0.39, 0.29) is 0 Å². The van der Waals surface area contributed by atoms with Gasteiger partial charge in [0.25, 0.3) is 0 Å². The SMILES string of the molecule is CCNC(=NCCCN1CCC(C)CC1)NCCN(CC)CC. The minimum atomic E-state index is 0.909. The van der Waals surface area contributed by atoms with E-state index in [4.69, 9.17) is 4.99 Å². The second-order valence-electron chi connectivity index (χ2n) is 6.59. The zero-order valence-electron chi connectivity index (χ0n) is 15.9. The van der Waals surface area contributed by atoms with Crippen LogP contribution in [0.4, 0.5) is 0 Å². The quantitative estimate of drug-likeness (QED) is 0.366. The smallest absolute Gasteiger partial charge is 0.191 e. The maximum Gasteiger partial charge on any atom is 0.191 e. The van der Waals surface area contributed by atoms with Crippen molar-refractivity contribution >= 4 is 5.96 Å². The monoisotopic (exact) mass is 325 g/mol. The van der Waals surface area contributed by atoms with Gasteiger partial charge in [-0.15, -0.1) is 0 Å². The summed E-state index contributed by atoms with van der Waals surface area (Å²) in [4.78, 5) is 9.73. The van der Waals surface area contributed by atoms with E-state index < -0.39 is 0 Å². The van der Waals surface area contributed by atoms with Crippen LogP contribution in [0.3, 0.4) is 0 Å². The Morgan fingerprint density at radius 3 is 2.43 bits per heavy atom. The molecule has 0 aromatic carbocycles. The summed E-state index contributed by atoms with van der Waals surface area (Å²) in [5.74, 6) is 1.88. The highest BCUT2D eigenvalue weighted by molar-refractivity contribution is 5.79. The third kappa shape index (κ3) is 9.16. The summed E-state index contributed by atoms with van der Waals surface area (Å²) in [5, 5.41) is 6.79. The van der Waals surface area contributed by atoms with Gasteiger partial charge < -0.3 is 20.4 Å². The third-order valence-electron chi connectivity index (χ3n) is 4.74. The summed E-state index contributed by atoms with van der Waals surface area (Å²) in [7, 11) is 0. The first-order chi connectivity index (χ1) is 11.2. The number of aliphatic imine (C=N–C) groups is 1. The van der Waals surface area contributed by atoms with E-state index >= 15 is 0 Å². The molecule has 0 spiro atoms. The maximum absolute atomic E-state index is 4.71. The lowest BCUT2D eigenvalue weighted by atomic mass is 9.99. The lowest BCUT2D eigenvalue weighted by Gasteiger charge is -2.29. The molecule has 0 bridgehead atoms. The number of hydrogen-bond donors (Lipinski definition) is 2. The number of hydrogen-bond acceptors (Lipinski definition) is 3. The topological polar surface area (TPSA) is 42.9 Å². The van der Waals surface area contributed by atoms with Gasteiger partial charge in [0.1, 0.15) is 0 Å². The van der Waals surface area contributed by atoms with Crippen LogP contribution in [0.25, 0.3) is 0 Å². The Kier molecular flexibility index (Phi) is 11.1. The van der Waals surface area contributed by atoms with Gasteiger partial charge >= 0.3 is 0 Å². The summed E-state index contributed by atoms with van der Waals surface area (Å²) in [6.45, 7) is 18.7. The second-order valence-corrected chi connectivity index (χ2v) is 6.59. The van der Waals surface area contributed by atoms with E-state index in [0.717, 1.165) is 57.6 Å². The number of piperidine rings is 1. The molecule has 2 N–H and O–H groups in total. The third-order valence-corrected chi connectivity index (χ3v) is 4.74. The number of guanidine groups is 1. The predicted octanol–water partition coefficient (Wildman–Crippen LogP) is 2.01. The van der Waals surface area contributed by atoms with Crippen molar-refractivity contribution in [1.82, 2.24) is 20.4 Å². The first-order valence-corrected chi connectivity index (χ1v) is 9.66. The van der Waals surface area contributed by atoms with Crippen LogP contribution in [-0.2, 0) is 0 Å². The molecule has 1 fully saturated rings. The lowest BCUT2D eigenvalue weighted by Crippen LogP contribution is -2.41. The number of likely N-dealkylation sites (N-methyl/N-ethyl adjacent to an activating group) is 1. The van der Waals surface area contributed by atoms with Gasteiger partial charge in [-0.1, -0.05) is 20.8 Å². The van der Waals surface area contributed by atoms with E-state index in [0.29, 0.717) is 0 Å². The van der Waals surface area contributed by atoms with Crippen molar-refractivity contribution in [2.75, 3.05) is 58.9 Å². The van der Waals surface area contributed by atoms with E-state index in [1.807, 2.05) is 0 Å². The van der Waals surface area contributed by atoms with E-state index in [9.17, 15) is 0 Å². The van der Waals surface area contributed by atoms with Crippen LogP contribution in [0.1, 0.15) is 47.0 Å². The average molecular weight is 326 g/mol. The van der Waals surface area contributed by atoms with Crippen molar-refractivity contribution in [3.8, 4) is 0 Å². The number of rotatable bonds is 10. The molecule has 0 atom stereocenters. The Morgan fingerprint density at radius 1 is 1.13 bits per heavy atom. The largest absolute Gasteiger partial charge is 0.357 e. The van der Waals surface area contributed by atoms with E-state index in [1.54, 1.807) is 0 Å². The van der Waals surface area contributed by atoms with E-state index in [1.165, 1.54) is 32.5 Å². The molecule has 0 aliphatic carbocycles. The molecule has 0 saturated carbocycles. The van der Waals surface area contributed by atoms with E-state index in [2.05, 4.69) is 48.1 Å². The fourth-order valence-corrected chi connectivity index (χ4v) is 2.98. The van der Waals surface area contributed by atoms with Crippen molar-refractivity contribution in [3.05, 3.63) is 0 Å². The highest BCUT2D eigenvalue weighted by atomic mass is 15.2. The molecule has 1 aliphatic heterocycles. The molecular weight excluding hydrogens is 286 g/mol. The molecule has 0 amide bonds. The van der Waals surface area contributed by atoms with Gasteiger partial charge in [0, 0.05) is 26.2 Å². The molecule has 1 heterocycles. The van der Waals surface area contributed by atoms with Crippen LogP contribution >= 0.6 is 0 Å². The Hall–Kier alpha value is -0.810. The van der Waals surface area contributed by atoms with Crippen molar-refractivity contribution in [2.24, 2.45) is 10.9 Å². The minimum absolute atomic E-state index is 0.909. The highest BCUT2D eigenvalue weighted by Crippen LogP contribution is 2.15. The Balaban J connectivity index is 2.20. The molecule has 1 saturated heterocycles. The van der Waals surface area contributed by atoms with Gasteiger partial charge in [0.05, 0.1) is 0 Å². The average Bonchev–Trinajstić information content (AvgIpc) is 2.57. The van der Waals surface area contributed by atoms with Crippen LogP contribution in [0.5, 0.6) is 0 Å². The summed E-state index contributed by atoms with van der Waals surface area (Å²) in [6, 6.07) is 0. The molecule has 0 radical (unpaired) electrons. The second kappa shape index (κ2) is 12.6. The fourth-order valence-electron chi connectivity index (χ4n) is 2.98. The molecule has 23 heavy (non-hydrogen) atoms. The zero-order chi connectivity index (χ0) is 16.9. The highest BCUT2D eigenvalue weighted by Gasteiger charge is 2.14. The molecule has 0 unspecified atom stereocenters. The number of likely N-dealkylation sites (tertiary alicyclic amines) is 1. The Bertz CT molecular complexity index is 307. The van der Waals surface area contributed by atoms with Gasteiger partial charge in [0.2, 0.25) is 0 Å². The standard InChI is InChI=1S/C18H39N5/c1-5-19-18(21-12-16-22(6-2)7-3)20-11-8-13-23-14-9-17(4)10-15-23/h17H,5-16H2,1-4H3,(H2,19,20,21). The van der Waals surface area contributed by atoms with Crippen LogP contribution < -0.4 is 10.6 Å². The summed E-state index contributed by atoms with van der Waals surface area (Å²) in [5.41, 5.74) is 0. The summed E-state index contributed by atoms with van der Waals surface area (Å²) < 4.78 is 0. The summed E-state index contributed by atoms with van der Waals surface area (Å²) in [6.07, 6.45) is 3.87. The number of nitrogens with one attached hydrogen (secondary N) is 2. The van der Waals surface area contributed by atoms with Crippen molar-refractivity contribution < 1.29 is 0 Å². The normalized spacial score (nSPS) is 17.7. The Morgan fingerprint density at radius 2 is 1.83 bits per heavy atom. The predicted molar refractivity (Wildman–Crippen MR) is 101 cm³/mol. The molecule has 0 aromatic heterocycles. The summed E-state index contributed by atoms with van der Waals surface area (Å²) >= 11 is 0. The van der Waals surface area contributed by atoms with Gasteiger partial charge in [-0.2, -0.15) is 0 Å². The van der Waals surface area contributed by atoms with Crippen LogP contribution in [-0.4, -0.2) is 74.7 Å². The Labute approximate surface area is 143 Å². The van der Waals surface area contributed by atoms with Gasteiger partial charge in [-0.05, 0) is 64.8 Å². The van der Waals surface area contributed by atoms with Crippen molar-refractivity contribution in [3.63, 3.8) is 0 Å². The fraction of sp³-hybridized carbons (Fsp3) is 0.944.